The lowest BCUT2D eigenvalue weighted by Gasteiger charge is -2.18. The largest absolute Gasteiger partial charge is 0.393 e. The summed E-state index contributed by atoms with van der Waals surface area (Å²) in [7, 11) is 0. The smallest absolute Gasteiger partial charge is 0.290 e. The predicted octanol–water partition coefficient (Wildman–Crippen LogP) is 2.24. The van der Waals surface area contributed by atoms with Crippen molar-refractivity contribution in [2.75, 3.05) is 5.73 Å². The van der Waals surface area contributed by atoms with Crippen LogP contribution in [-0.2, 0) is 6.54 Å². The molecule has 2 fully saturated rings. The van der Waals surface area contributed by atoms with E-state index in [-0.39, 0.29) is 5.56 Å². The molecular weight excluding hydrogens is 214 g/mol. The van der Waals surface area contributed by atoms with E-state index < -0.39 is 0 Å². The van der Waals surface area contributed by atoms with Crippen molar-refractivity contribution in [3.8, 4) is 0 Å². The van der Waals surface area contributed by atoms with Crippen LogP contribution in [0.5, 0.6) is 0 Å². The summed E-state index contributed by atoms with van der Waals surface area (Å²) >= 11 is 0. The van der Waals surface area contributed by atoms with Gasteiger partial charge in [0, 0.05) is 12.5 Å². The highest BCUT2D eigenvalue weighted by Crippen LogP contribution is 2.43. The summed E-state index contributed by atoms with van der Waals surface area (Å²) in [6.45, 7) is 2.96. The van der Waals surface area contributed by atoms with E-state index >= 15 is 0 Å². The molecule has 4 heteroatoms. The van der Waals surface area contributed by atoms with E-state index in [0.717, 1.165) is 25.1 Å². The molecule has 2 N–H and O–H groups in total. The quantitative estimate of drug-likeness (QED) is 0.873. The molecule has 0 unspecified atom stereocenters. The molecule has 1 heterocycles. The van der Waals surface area contributed by atoms with E-state index in [0.29, 0.717) is 17.6 Å². The maximum absolute atomic E-state index is 12.3. The number of nitrogens with zero attached hydrogens (tertiary/aromatic N) is 2. The van der Waals surface area contributed by atoms with Gasteiger partial charge in [-0.2, -0.15) is 0 Å². The third-order valence-corrected chi connectivity index (χ3v) is 4.19. The lowest BCUT2D eigenvalue weighted by atomic mass is 10.2. The fourth-order valence-electron chi connectivity index (χ4n) is 3.22. The number of hydrogen-bond acceptors (Lipinski definition) is 2. The molecule has 0 aliphatic heterocycles. The zero-order valence-corrected chi connectivity index (χ0v) is 10.5. The van der Waals surface area contributed by atoms with Crippen LogP contribution in [-0.4, -0.2) is 9.36 Å². The van der Waals surface area contributed by atoms with Gasteiger partial charge in [0.1, 0.15) is 5.69 Å². The van der Waals surface area contributed by atoms with Crippen molar-refractivity contribution in [1.29, 1.82) is 0 Å². The van der Waals surface area contributed by atoms with E-state index in [4.69, 9.17) is 5.73 Å². The summed E-state index contributed by atoms with van der Waals surface area (Å²) in [5.41, 5.74) is 7.72. The third kappa shape index (κ3) is 1.61. The Labute approximate surface area is 101 Å². The van der Waals surface area contributed by atoms with Crippen molar-refractivity contribution in [3.05, 3.63) is 16.0 Å². The lowest BCUT2D eigenvalue weighted by molar-refractivity contribution is 0.365. The Bertz CT molecular complexity index is 476. The molecule has 4 nitrogen and oxygen atoms in total. The van der Waals surface area contributed by atoms with E-state index in [1.165, 1.54) is 25.7 Å². The first-order valence-electron chi connectivity index (χ1n) is 6.84. The summed E-state index contributed by atoms with van der Waals surface area (Å²) in [6.07, 6.45) is 7.13. The number of anilines is 1. The molecule has 2 aliphatic rings. The van der Waals surface area contributed by atoms with Gasteiger partial charge < -0.3 is 5.73 Å². The summed E-state index contributed by atoms with van der Waals surface area (Å²) in [5.74, 6) is 0.547. The van der Waals surface area contributed by atoms with Crippen molar-refractivity contribution >= 4 is 5.69 Å². The molecule has 2 aliphatic carbocycles. The highest BCUT2D eigenvalue weighted by Gasteiger charge is 2.33. The second-order valence-electron chi connectivity index (χ2n) is 5.38. The van der Waals surface area contributed by atoms with Gasteiger partial charge in [-0.3, -0.25) is 9.48 Å². The summed E-state index contributed by atoms with van der Waals surface area (Å²) in [5, 5.41) is 0. The Morgan fingerprint density at radius 1 is 1.24 bits per heavy atom. The molecule has 0 atom stereocenters. The minimum atomic E-state index is 0.0562. The van der Waals surface area contributed by atoms with Crippen LogP contribution < -0.4 is 11.3 Å². The Morgan fingerprint density at radius 3 is 2.41 bits per heavy atom. The highest BCUT2D eigenvalue weighted by atomic mass is 16.1. The SMILES string of the molecule is CCn1c(C2CC2)c(N)c(=O)n1C1CCCC1. The minimum absolute atomic E-state index is 0.0562. The van der Waals surface area contributed by atoms with E-state index in [9.17, 15) is 4.79 Å². The Hall–Kier alpha value is -1.19. The van der Waals surface area contributed by atoms with Gasteiger partial charge in [-0.05, 0) is 32.6 Å². The molecule has 94 valence electrons. The minimum Gasteiger partial charge on any atom is -0.393 e. The third-order valence-electron chi connectivity index (χ3n) is 4.19. The maximum Gasteiger partial charge on any atom is 0.290 e. The van der Waals surface area contributed by atoms with Gasteiger partial charge in [-0.15, -0.1) is 0 Å². The van der Waals surface area contributed by atoms with Gasteiger partial charge in [-0.25, -0.2) is 4.68 Å². The van der Waals surface area contributed by atoms with Crippen LogP contribution >= 0.6 is 0 Å². The van der Waals surface area contributed by atoms with Crippen LogP contribution in [0.3, 0.4) is 0 Å². The van der Waals surface area contributed by atoms with E-state index in [1.807, 2.05) is 4.68 Å². The van der Waals surface area contributed by atoms with Crippen molar-refractivity contribution in [3.63, 3.8) is 0 Å². The summed E-state index contributed by atoms with van der Waals surface area (Å²) < 4.78 is 4.11. The van der Waals surface area contributed by atoms with Crippen molar-refractivity contribution in [2.24, 2.45) is 0 Å². The molecule has 0 bridgehead atoms. The zero-order chi connectivity index (χ0) is 12.0. The van der Waals surface area contributed by atoms with Crippen molar-refractivity contribution < 1.29 is 0 Å². The Kier molecular flexibility index (Phi) is 2.53. The lowest BCUT2D eigenvalue weighted by Crippen LogP contribution is -2.27. The summed E-state index contributed by atoms with van der Waals surface area (Å²) in [6, 6.07) is 0.386. The second-order valence-corrected chi connectivity index (χ2v) is 5.38. The number of hydrogen-bond donors (Lipinski definition) is 1. The molecule has 0 saturated heterocycles. The first-order chi connectivity index (χ1) is 8.24. The molecule has 0 amide bonds. The van der Waals surface area contributed by atoms with Gasteiger partial charge >= 0.3 is 0 Å². The average Bonchev–Trinajstić information content (AvgIpc) is 2.95. The maximum atomic E-state index is 12.3. The molecule has 2 saturated carbocycles. The fourth-order valence-corrected chi connectivity index (χ4v) is 3.22. The van der Waals surface area contributed by atoms with Crippen LogP contribution in [0, 0.1) is 0 Å². The van der Waals surface area contributed by atoms with Gasteiger partial charge in [0.15, 0.2) is 0 Å². The molecule has 0 aromatic carbocycles. The molecule has 17 heavy (non-hydrogen) atoms. The first kappa shape index (κ1) is 10.9. The number of aromatic nitrogens is 2. The molecule has 3 rings (SSSR count). The number of nitrogens with two attached hydrogens (primary N) is 1. The molecule has 1 aromatic rings. The topological polar surface area (TPSA) is 52.9 Å². The normalized spacial score (nSPS) is 21.2. The molecule has 1 aromatic heterocycles. The van der Waals surface area contributed by atoms with Crippen LogP contribution in [0.1, 0.15) is 63.1 Å². The molecular formula is C13H21N3O. The predicted molar refractivity (Wildman–Crippen MR) is 68.3 cm³/mol. The first-order valence-corrected chi connectivity index (χ1v) is 6.84. The Balaban J connectivity index is 2.12. The molecule has 0 spiro atoms. The van der Waals surface area contributed by atoms with Crippen molar-refractivity contribution in [2.45, 2.75) is 64.0 Å². The fraction of sp³-hybridized carbons (Fsp3) is 0.769. The van der Waals surface area contributed by atoms with E-state index in [1.54, 1.807) is 0 Å². The van der Waals surface area contributed by atoms with Crippen LogP contribution in [0.4, 0.5) is 5.69 Å². The van der Waals surface area contributed by atoms with E-state index in [2.05, 4.69) is 11.6 Å². The van der Waals surface area contributed by atoms with Crippen LogP contribution in [0.2, 0.25) is 0 Å². The number of nitrogen functional groups attached to an aromatic ring is 1. The van der Waals surface area contributed by atoms with Gasteiger partial charge in [0.2, 0.25) is 0 Å². The van der Waals surface area contributed by atoms with Crippen molar-refractivity contribution in [1.82, 2.24) is 9.36 Å². The van der Waals surface area contributed by atoms with Crippen LogP contribution in [0.25, 0.3) is 0 Å². The summed E-state index contributed by atoms with van der Waals surface area (Å²) in [4.78, 5) is 12.3. The van der Waals surface area contributed by atoms with Gasteiger partial charge in [0.25, 0.3) is 5.56 Å². The van der Waals surface area contributed by atoms with Gasteiger partial charge in [-0.1, -0.05) is 12.8 Å². The average molecular weight is 235 g/mol. The second kappa shape index (κ2) is 3.93. The number of rotatable bonds is 3. The molecule has 0 radical (unpaired) electrons. The Morgan fingerprint density at radius 2 is 1.88 bits per heavy atom. The zero-order valence-electron chi connectivity index (χ0n) is 10.5. The highest BCUT2D eigenvalue weighted by molar-refractivity contribution is 5.45. The standard InChI is InChI=1S/C13H21N3O/c1-2-15-12(9-7-8-9)11(14)13(17)16(15)10-5-3-4-6-10/h9-10H,2-8,14H2,1H3. The van der Waals surface area contributed by atoms with Gasteiger partial charge in [0.05, 0.1) is 11.7 Å². The monoisotopic (exact) mass is 235 g/mol. The van der Waals surface area contributed by atoms with Crippen LogP contribution in [0.15, 0.2) is 4.79 Å².